The summed E-state index contributed by atoms with van der Waals surface area (Å²) in [5.41, 5.74) is 1.12. The Morgan fingerprint density at radius 1 is 1.47 bits per heavy atom. The molecule has 1 aromatic rings. The minimum absolute atomic E-state index is 0.598. The van der Waals surface area contributed by atoms with E-state index < -0.39 is 0 Å². The summed E-state index contributed by atoms with van der Waals surface area (Å²) in [6, 6.07) is 0.598. The second-order valence-electron chi connectivity index (χ2n) is 4.87. The van der Waals surface area contributed by atoms with E-state index in [0.29, 0.717) is 6.04 Å². The molecule has 1 aliphatic heterocycles. The number of nitrogens with one attached hydrogen (secondary N) is 1. The Morgan fingerprint density at radius 2 is 2.29 bits per heavy atom. The molecule has 0 bridgehead atoms. The third-order valence-electron chi connectivity index (χ3n) is 3.54. The SMILES string of the molecule is CCn1cc(C)nc1N1CCCCC1CNC. The summed E-state index contributed by atoms with van der Waals surface area (Å²) in [4.78, 5) is 7.18. The normalized spacial score (nSPS) is 20.9. The monoisotopic (exact) mass is 236 g/mol. The Balaban J connectivity index is 2.22. The van der Waals surface area contributed by atoms with Crippen molar-refractivity contribution in [1.82, 2.24) is 14.9 Å². The molecule has 96 valence electrons. The molecule has 4 nitrogen and oxygen atoms in total. The van der Waals surface area contributed by atoms with E-state index in [4.69, 9.17) is 4.98 Å². The predicted molar refractivity (Wildman–Crippen MR) is 71.5 cm³/mol. The number of anilines is 1. The molecule has 1 N–H and O–H groups in total. The summed E-state index contributed by atoms with van der Waals surface area (Å²) in [6.07, 6.45) is 6.06. The predicted octanol–water partition coefficient (Wildman–Crippen LogP) is 1.79. The van der Waals surface area contributed by atoms with Crippen LogP contribution in [0.3, 0.4) is 0 Å². The van der Waals surface area contributed by atoms with Crippen LogP contribution in [0.4, 0.5) is 5.95 Å². The summed E-state index contributed by atoms with van der Waals surface area (Å²) in [5, 5.41) is 3.30. The molecule has 17 heavy (non-hydrogen) atoms. The first-order valence-corrected chi connectivity index (χ1v) is 6.71. The topological polar surface area (TPSA) is 33.1 Å². The van der Waals surface area contributed by atoms with E-state index in [-0.39, 0.29) is 0 Å². The fourth-order valence-corrected chi connectivity index (χ4v) is 2.71. The van der Waals surface area contributed by atoms with Crippen molar-refractivity contribution in [2.45, 2.75) is 45.7 Å². The fourth-order valence-electron chi connectivity index (χ4n) is 2.71. The van der Waals surface area contributed by atoms with Crippen LogP contribution in [0, 0.1) is 6.92 Å². The number of hydrogen-bond donors (Lipinski definition) is 1. The van der Waals surface area contributed by atoms with Gasteiger partial charge in [0.15, 0.2) is 0 Å². The molecular weight excluding hydrogens is 212 g/mol. The van der Waals surface area contributed by atoms with Crippen LogP contribution in [0.5, 0.6) is 0 Å². The molecule has 4 heteroatoms. The van der Waals surface area contributed by atoms with Gasteiger partial charge in [-0.25, -0.2) is 4.98 Å². The van der Waals surface area contributed by atoms with E-state index in [0.717, 1.165) is 31.3 Å². The Kier molecular flexibility index (Phi) is 4.05. The number of aryl methyl sites for hydroxylation is 2. The largest absolute Gasteiger partial charge is 0.338 e. The van der Waals surface area contributed by atoms with Gasteiger partial charge in [-0.15, -0.1) is 0 Å². The Labute approximate surface area is 104 Å². The molecule has 1 unspecified atom stereocenters. The maximum atomic E-state index is 4.70. The van der Waals surface area contributed by atoms with Gasteiger partial charge in [-0.05, 0) is 40.2 Å². The van der Waals surface area contributed by atoms with Gasteiger partial charge in [-0.1, -0.05) is 0 Å². The average molecular weight is 236 g/mol. The molecule has 0 aromatic carbocycles. The lowest BCUT2D eigenvalue weighted by Crippen LogP contribution is -2.46. The van der Waals surface area contributed by atoms with E-state index >= 15 is 0 Å². The van der Waals surface area contributed by atoms with Gasteiger partial charge in [0.1, 0.15) is 0 Å². The first-order valence-electron chi connectivity index (χ1n) is 6.71. The zero-order valence-electron chi connectivity index (χ0n) is 11.2. The summed E-state index contributed by atoms with van der Waals surface area (Å²) < 4.78 is 2.27. The summed E-state index contributed by atoms with van der Waals surface area (Å²) in [6.45, 7) is 7.45. The highest BCUT2D eigenvalue weighted by Crippen LogP contribution is 2.24. The van der Waals surface area contributed by atoms with Crippen LogP contribution >= 0.6 is 0 Å². The highest BCUT2D eigenvalue weighted by molar-refractivity contribution is 5.36. The van der Waals surface area contributed by atoms with Crippen molar-refractivity contribution in [3.05, 3.63) is 11.9 Å². The van der Waals surface area contributed by atoms with Gasteiger partial charge >= 0.3 is 0 Å². The molecule has 2 heterocycles. The number of piperidine rings is 1. The van der Waals surface area contributed by atoms with Crippen LogP contribution in [-0.4, -0.2) is 35.7 Å². The van der Waals surface area contributed by atoms with Gasteiger partial charge in [0.2, 0.25) is 5.95 Å². The molecule has 1 aliphatic rings. The second-order valence-corrected chi connectivity index (χ2v) is 4.87. The molecule has 0 spiro atoms. The van der Waals surface area contributed by atoms with Gasteiger partial charge in [0.25, 0.3) is 0 Å². The second kappa shape index (κ2) is 5.54. The van der Waals surface area contributed by atoms with Crippen LogP contribution in [0.25, 0.3) is 0 Å². The third kappa shape index (κ3) is 2.63. The smallest absolute Gasteiger partial charge is 0.205 e. The number of nitrogens with zero attached hydrogens (tertiary/aromatic N) is 3. The van der Waals surface area contributed by atoms with Crippen molar-refractivity contribution in [3.8, 4) is 0 Å². The standard InChI is InChI=1S/C13H24N4/c1-4-16-10-11(2)15-13(16)17-8-6-5-7-12(17)9-14-3/h10,12,14H,4-9H2,1-3H3. The van der Waals surface area contributed by atoms with Crippen molar-refractivity contribution in [2.24, 2.45) is 0 Å². The van der Waals surface area contributed by atoms with Crippen molar-refractivity contribution < 1.29 is 0 Å². The lowest BCUT2D eigenvalue weighted by Gasteiger charge is -2.36. The lowest BCUT2D eigenvalue weighted by molar-refractivity contribution is 0.435. The van der Waals surface area contributed by atoms with E-state index in [2.05, 4.69) is 34.8 Å². The first-order chi connectivity index (χ1) is 8.26. The number of hydrogen-bond acceptors (Lipinski definition) is 3. The number of aromatic nitrogens is 2. The zero-order valence-corrected chi connectivity index (χ0v) is 11.2. The maximum Gasteiger partial charge on any atom is 0.205 e. The van der Waals surface area contributed by atoms with Crippen molar-refractivity contribution >= 4 is 5.95 Å². The van der Waals surface area contributed by atoms with Crippen LogP contribution in [0.1, 0.15) is 31.9 Å². The number of likely N-dealkylation sites (N-methyl/N-ethyl adjacent to an activating group) is 1. The molecule has 1 fully saturated rings. The zero-order chi connectivity index (χ0) is 12.3. The molecule has 1 atom stereocenters. The summed E-state index contributed by atoms with van der Waals surface area (Å²) in [7, 11) is 2.03. The molecule has 0 amide bonds. The summed E-state index contributed by atoms with van der Waals surface area (Å²) in [5.74, 6) is 1.16. The number of imidazole rings is 1. The molecular formula is C13H24N4. The quantitative estimate of drug-likeness (QED) is 0.865. The Bertz CT molecular complexity index is 356. The average Bonchev–Trinajstić information content (AvgIpc) is 2.71. The highest BCUT2D eigenvalue weighted by Gasteiger charge is 2.25. The van der Waals surface area contributed by atoms with Gasteiger partial charge in [0.05, 0.1) is 5.69 Å². The highest BCUT2D eigenvalue weighted by atomic mass is 15.3. The van der Waals surface area contributed by atoms with Gasteiger partial charge in [0, 0.05) is 31.9 Å². The van der Waals surface area contributed by atoms with Gasteiger partial charge < -0.3 is 14.8 Å². The Morgan fingerprint density at radius 3 is 3.00 bits per heavy atom. The van der Waals surface area contributed by atoms with E-state index in [1.54, 1.807) is 0 Å². The van der Waals surface area contributed by atoms with E-state index in [1.165, 1.54) is 19.3 Å². The minimum Gasteiger partial charge on any atom is -0.338 e. The third-order valence-corrected chi connectivity index (χ3v) is 3.54. The minimum atomic E-state index is 0.598. The molecule has 2 rings (SSSR count). The van der Waals surface area contributed by atoms with Crippen molar-refractivity contribution in [1.29, 1.82) is 0 Å². The molecule has 1 aromatic heterocycles. The van der Waals surface area contributed by atoms with Crippen LogP contribution in [0.2, 0.25) is 0 Å². The van der Waals surface area contributed by atoms with Gasteiger partial charge in [-0.3, -0.25) is 0 Å². The molecule has 1 saturated heterocycles. The molecule has 0 saturated carbocycles. The molecule has 0 aliphatic carbocycles. The number of rotatable bonds is 4. The van der Waals surface area contributed by atoms with Gasteiger partial charge in [-0.2, -0.15) is 0 Å². The maximum absolute atomic E-state index is 4.70. The fraction of sp³-hybridized carbons (Fsp3) is 0.769. The Hall–Kier alpha value is -1.03. The summed E-state index contributed by atoms with van der Waals surface area (Å²) >= 11 is 0. The van der Waals surface area contributed by atoms with Crippen LogP contribution in [-0.2, 0) is 6.54 Å². The van der Waals surface area contributed by atoms with Crippen LogP contribution in [0.15, 0.2) is 6.20 Å². The van der Waals surface area contributed by atoms with E-state index in [1.807, 2.05) is 7.05 Å². The van der Waals surface area contributed by atoms with Crippen molar-refractivity contribution in [2.75, 3.05) is 25.0 Å². The van der Waals surface area contributed by atoms with Crippen LogP contribution < -0.4 is 10.2 Å². The van der Waals surface area contributed by atoms with E-state index in [9.17, 15) is 0 Å². The van der Waals surface area contributed by atoms with Crippen molar-refractivity contribution in [3.63, 3.8) is 0 Å². The lowest BCUT2D eigenvalue weighted by atomic mass is 10.0. The molecule has 0 radical (unpaired) electrons. The first kappa shape index (κ1) is 12.4.